The summed E-state index contributed by atoms with van der Waals surface area (Å²) in [5.74, 6) is 0.693. The summed E-state index contributed by atoms with van der Waals surface area (Å²) in [4.78, 5) is 4.00. The Morgan fingerprint density at radius 2 is 1.94 bits per heavy atom. The highest BCUT2D eigenvalue weighted by Crippen LogP contribution is 2.16. The summed E-state index contributed by atoms with van der Waals surface area (Å²) in [6.45, 7) is 5.41. The molecule has 0 spiro atoms. The average molecular weight is 290 g/mol. The van der Waals surface area contributed by atoms with Crippen LogP contribution in [0.3, 0.4) is 0 Å². The first kappa shape index (κ1) is 13.4. The van der Waals surface area contributed by atoms with Crippen molar-refractivity contribution < 1.29 is 14.2 Å². The van der Waals surface area contributed by atoms with Crippen molar-refractivity contribution >= 4 is 15.9 Å². The minimum absolute atomic E-state index is 0.325. The molecule has 1 aromatic heterocycles. The van der Waals surface area contributed by atoms with Crippen LogP contribution in [0.4, 0.5) is 0 Å². The first-order chi connectivity index (χ1) is 7.76. The van der Waals surface area contributed by atoms with Crippen molar-refractivity contribution in [3.63, 3.8) is 0 Å². The van der Waals surface area contributed by atoms with Crippen LogP contribution in [0.25, 0.3) is 0 Å². The molecular formula is C11H16BrNO3. The number of pyridine rings is 1. The van der Waals surface area contributed by atoms with Gasteiger partial charge in [-0.25, -0.2) is 0 Å². The third-order valence-electron chi connectivity index (χ3n) is 1.77. The highest BCUT2D eigenvalue weighted by Gasteiger charge is 2.08. The van der Waals surface area contributed by atoms with E-state index in [9.17, 15) is 0 Å². The van der Waals surface area contributed by atoms with Gasteiger partial charge in [-0.3, -0.25) is 4.98 Å². The quantitative estimate of drug-likeness (QED) is 0.724. The largest absolute Gasteiger partial charge is 0.487 e. The molecule has 0 bridgehead atoms. The first-order valence-corrected chi connectivity index (χ1v) is 6.02. The van der Waals surface area contributed by atoms with Crippen LogP contribution < -0.4 is 4.74 Å². The SMILES string of the molecule is CCOC(COc1cncc(Br)c1)OCC. The molecule has 0 N–H and O–H groups in total. The molecule has 16 heavy (non-hydrogen) atoms. The molecule has 0 aromatic carbocycles. The zero-order valence-electron chi connectivity index (χ0n) is 9.48. The van der Waals surface area contributed by atoms with Crippen LogP contribution in [0.1, 0.15) is 13.8 Å². The second kappa shape index (κ2) is 7.60. The third kappa shape index (κ3) is 4.92. The molecule has 0 aliphatic heterocycles. The van der Waals surface area contributed by atoms with Crippen LogP contribution in [0.15, 0.2) is 22.9 Å². The molecule has 0 aliphatic carbocycles. The number of aromatic nitrogens is 1. The lowest BCUT2D eigenvalue weighted by atomic mass is 10.5. The van der Waals surface area contributed by atoms with Gasteiger partial charge in [-0.15, -0.1) is 0 Å². The minimum atomic E-state index is -0.325. The highest BCUT2D eigenvalue weighted by molar-refractivity contribution is 9.10. The molecule has 0 saturated carbocycles. The average Bonchev–Trinajstić information content (AvgIpc) is 2.27. The summed E-state index contributed by atoms with van der Waals surface area (Å²) < 4.78 is 17.1. The van der Waals surface area contributed by atoms with Gasteiger partial charge in [0.05, 0.1) is 6.20 Å². The fourth-order valence-electron chi connectivity index (χ4n) is 1.15. The van der Waals surface area contributed by atoms with E-state index in [1.54, 1.807) is 12.4 Å². The monoisotopic (exact) mass is 289 g/mol. The molecule has 0 saturated heterocycles. The topological polar surface area (TPSA) is 40.6 Å². The summed E-state index contributed by atoms with van der Waals surface area (Å²) in [7, 11) is 0. The van der Waals surface area contributed by atoms with Crippen molar-refractivity contribution in [1.82, 2.24) is 4.98 Å². The zero-order chi connectivity index (χ0) is 11.8. The molecule has 90 valence electrons. The van der Waals surface area contributed by atoms with Crippen molar-refractivity contribution in [3.8, 4) is 5.75 Å². The fourth-order valence-corrected chi connectivity index (χ4v) is 1.50. The molecule has 1 heterocycles. The molecule has 4 nitrogen and oxygen atoms in total. The second-order valence-corrected chi connectivity index (χ2v) is 3.91. The molecule has 0 fully saturated rings. The zero-order valence-corrected chi connectivity index (χ0v) is 11.1. The molecule has 0 unspecified atom stereocenters. The molecule has 0 amide bonds. The highest BCUT2D eigenvalue weighted by atomic mass is 79.9. The van der Waals surface area contributed by atoms with Crippen LogP contribution >= 0.6 is 15.9 Å². The Balaban J connectivity index is 2.41. The van der Waals surface area contributed by atoms with Gasteiger partial charge in [-0.2, -0.15) is 0 Å². The Kier molecular flexibility index (Phi) is 6.37. The van der Waals surface area contributed by atoms with E-state index in [2.05, 4.69) is 20.9 Å². The van der Waals surface area contributed by atoms with E-state index < -0.39 is 0 Å². The Bertz CT molecular complexity index is 303. The van der Waals surface area contributed by atoms with Crippen LogP contribution in [-0.4, -0.2) is 31.1 Å². The second-order valence-electron chi connectivity index (χ2n) is 2.99. The lowest BCUT2D eigenvalue weighted by Gasteiger charge is -2.17. The molecule has 0 aliphatic rings. The maximum atomic E-state index is 5.51. The van der Waals surface area contributed by atoms with Crippen molar-refractivity contribution in [2.24, 2.45) is 0 Å². The number of ether oxygens (including phenoxy) is 3. The van der Waals surface area contributed by atoms with E-state index in [1.165, 1.54) is 0 Å². The van der Waals surface area contributed by atoms with E-state index in [1.807, 2.05) is 19.9 Å². The molecule has 5 heteroatoms. The van der Waals surface area contributed by atoms with E-state index in [4.69, 9.17) is 14.2 Å². The van der Waals surface area contributed by atoms with Gasteiger partial charge in [0.1, 0.15) is 12.4 Å². The van der Waals surface area contributed by atoms with Crippen molar-refractivity contribution in [1.29, 1.82) is 0 Å². The summed E-state index contributed by atoms with van der Waals surface area (Å²) in [6.07, 6.45) is 3.03. The maximum Gasteiger partial charge on any atom is 0.191 e. The lowest BCUT2D eigenvalue weighted by molar-refractivity contribution is -0.152. The van der Waals surface area contributed by atoms with Crippen molar-refractivity contribution in [2.45, 2.75) is 20.1 Å². The van der Waals surface area contributed by atoms with E-state index in [0.29, 0.717) is 25.6 Å². The van der Waals surface area contributed by atoms with Gasteiger partial charge in [0, 0.05) is 23.9 Å². The van der Waals surface area contributed by atoms with Gasteiger partial charge >= 0.3 is 0 Å². The van der Waals surface area contributed by atoms with Gasteiger partial charge in [-0.1, -0.05) is 0 Å². The van der Waals surface area contributed by atoms with Gasteiger partial charge in [0.2, 0.25) is 0 Å². The summed E-state index contributed by atoms with van der Waals surface area (Å²) in [6, 6.07) is 1.85. The maximum absolute atomic E-state index is 5.51. The molecule has 0 radical (unpaired) electrons. The first-order valence-electron chi connectivity index (χ1n) is 5.22. The number of hydrogen-bond acceptors (Lipinski definition) is 4. The van der Waals surface area contributed by atoms with Crippen LogP contribution in [0.5, 0.6) is 5.75 Å². The normalized spacial score (nSPS) is 10.8. The smallest absolute Gasteiger partial charge is 0.191 e. The summed E-state index contributed by atoms with van der Waals surface area (Å²) in [5, 5.41) is 0. The van der Waals surface area contributed by atoms with Gasteiger partial charge in [0.25, 0.3) is 0 Å². The van der Waals surface area contributed by atoms with Gasteiger partial charge < -0.3 is 14.2 Å². The molecule has 0 atom stereocenters. The lowest BCUT2D eigenvalue weighted by Crippen LogP contribution is -2.25. The summed E-state index contributed by atoms with van der Waals surface area (Å²) in [5.41, 5.74) is 0. The Labute approximate surface area is 104 Å². The number of hydrogen-bond donors (Lipinski definition) is 0. The molecule has 1 rings (SSSR count). The van der Waals surface area contributed by atoms with Crippen LogP contribution in [0, 0.1) is 0 Å². The number of halogens is 1. The van der Waals surface area contributed by atoms with Crippen LogP contribution in [-0.2, 0) is 9.47 Å². The number of rotatable bonds is 7. The predicted molar refractivity (Wildman–Crippen MR) is 64.5 cm³/mol. The third-order valence-corrected chi connectivity index (χ3v) is 2.20. The fraction of sp³-hybridized carbons (Fsp3) is 0.545. The van der Waals surface area contributed by atoms with Gasteiger partial charge in [0.15, 0.2) is 6.29 Å². The Morgan fingerprint density at radius 3 is 2.50 bits per heavy atom. The Hall–Kier alpha value is -0.650. The van der Waals surface area contributed by atoms with E-state index in [0.717, 1.165) is 4.47 Å². The van der Waals surface area contributed by atoms with Crippen LogP contribution in [0.2, 0.25) is 0 Å². The van der Waals surface area contributed by atoms with E-state index >= 15 is 0 Å². The van der Waals surface area contributed by atoms with Crippen molar-refractivity contribution in [2.75, 3.05) is 19.8 Å². The summed E-state index contributed by atoms with van der Waals surface area (Å²) >= 11 is 3.33. The van der Waals surface area contributed by atoms with Crippen molar-refractivity contribution in [3.05, 3.63) is 22.9 Å². The predicted octanol–water partition coefficient (Wildman–Crippen LogP) is 2.62. The Morgan fingerprint density at radius 1 is 1.25 bits per heavy atom. The standard InChI is InChI=1S/C11H16BrNO3/c1-3-14-11(15-4-2)8-16-10-5-9(12)6-13-7-10/h5-7,11H,3-4,8H2,1-2H3. The van der Waals surface area contributed by atoms with E-state index in [-0.39, 0.29) is 6.29 Å². The van der Waals surface area contributed by atoms with Gasteiger partial charge in [-0.05, 0) is 35.8 Å². The molecule has 1 aromatic rings. The minimum Gasteiger partial charge on any atom is -0.487 e. The molecular weight excluding hydrogens is 274 g/mol. The number of nitrogens with zero attached hydrogens (tertiary/aromatic N) is 1.